The molecule has 0 aromatic carbocycles. The van der Waals surface area contributed by atoms with Crippen LogP contribution >= 0.6 is 15.9 Å². The fourth-order valence-corrected chi connectivity index (χ4v) is 2.94. The molecule has 1 aromatic heterocycles. The number of aromatic nitrogens is 1. The summed E-state index contributed by atoms with van der Waals surface area (Å²) in [5.74, 6) is -0.755. The summed E-state index contributed by atoms with van der Waals surface area (Å²) in [6.07, 6.45) is 0.410. The van der Waals surface area contributed by atoms with Crippen LogP contribution in [0.5, 0.6) is 0 Å². The normalized spacial score (nSPS) is 26.5. The van der Waals surface area contributed by atoms with Crippen LogP contribution in [0.1, 0.15) is 47.1 Å². The zero-order valence-corrected chi connectivity index (χ0v) is 16.8. The third-order valence-electron chi connectivity index (χ3n) is 4.18. The maximum Gasteiger partial charge on any atom is 0.415 e. The van der Waals surface area contributed by atoms with Gasteiger partial charge in [0.15, 0.2) is 0 Å². The second-order valence-electron chi connectivity index (χ2n) is 7.29. The van der Waals surface area contributed by atoms with Crippen LogP contribution in [0.4, 0.5) is 9.18 Å². The summed E-state index contributed by atoms with van der Waals surface area (Å²) >= 11 is 3.31. The van der Waals surface area contributed by atoms with Gasteiger partial charge in [0.2, 0.25) is 5.95 Å². The molecule has 8 heteroatoms. The molecule has 25 heavy (non-hydrogen) atoms. The number of hydrogen-bond acceptors (Lipinski definition) is 5. The third-order valence-corrected chi connectivity index (χ3v) is 4.61. The molecule has 6 nitrogen and oxygen atoms in total. The smallest absolute Gasteiger partial charge is 0.415 e. The Labute approximate surface area is 155 Å². The van der Waals surface area contributed by atoms with Gasteiger partial charge < -0.3 is 9.47 Å². The number of alkyl carbamates (subject to hydrolysis) is 1. The summed E-state index contributed by atoms with van der Waals surface area (Å²) in [6.45, 7) is 10.8. The lowest BCUT2D eigenvalue weighted by atomic mass is 9.78. The fraction of sp³-hybridized carbons (Fsp3) is 0.588. The van der Waals surface area contributed by atoms with Gasteiger partial charge in [-0.3, -0.25) is 0 Å². The fourth-order valence-electron chi connectivity index (χ4n) is 2.61. The molecule has 3 atom stereocenters. The first kappa shape index (κ1) is 19.6. The Morgan fingerprint density at radius 2 is 2.08 bits per heavy atom. The van der Waals surface area contributed by atoms with E-state index in [9.17, 15) is 9.18 Å². The van der Waals surface area contributed by atoms with E-state index in [0.717, 1.165) is 0 Å². The molecule has 1 aliphatic heterocycles. The number of amides is 1. The van der Waals surface area contributed by atoms with Gasteiger partial charge in [-0.05, 0) is 56.6 Å². The number of rotatable bonds is 1. The maximum atomic E-state index is 14.4. The minimum atomic E-state index is -0.955. The molecule has 1 N–H and O–H groups in total. The molecule has 138 valence electrons. The quantitative estimate of drug-likeness (QED) is 0.699. The first-order chi connectivity index (χ1) is 11.4. The van der Waals surface area contributed by atoms with Crippen molar-refractivity contribution in [1.82, 2.24) is 10.3 Å². The van der Waals surface area contributed by atoms with Gasteiger partial charge >= 0.3 is 6.09 Å². The standard InChI is InChI=1S/C17H23BrFN3O3/c1-9-10(2)24-14(21-15(23)25-16(3,4)5)22-17(9,6)12-7-11(18)8-20-13(12)19/h7-10H,1-6H3,(H,21,22,23)/t9-,10?,17-/m1/s1. The van der Waals surface area contributed by atoms with Crippen LogP contribution in [-0.2, 0) is 15.0 Å². The molecule has 0 spiro atoms. The van der Waals surface area contributed by atoms with Gasteiger partial charge in [-0.1, -0.05) is 6.92 Å². The molecule has 1 aliphatic rings. The lowest BCUT2D eigenvalue weighted by molar-refractivity contribution is 0.0449. The summed E-state index contributed by atoms with van der Waals surface area (Å²) in [5, 5.41) is 2.50. The van der Waals surface area contributed by atoms with Crippen molar-refractivity contribution < 1.29 is 18.7 Å². The highest BCUT2D eigenvalue weighted by molar-refractivity contribution is 9.10. The van der Waals surface area contributed by atoms with E-state index in [2.05, 4.69) is 31.2 Å². The molecule has 1 aromatic rings. The highest BCUT2D eigenvalue weighted by Crippen LogP contribution is 2.40. The highest BCUT2D eigenvalue weighted by Gasteiger charge is 2.44. The summed E-state index contributed by atoms with van der Waals surface area (Å²) in [4.78, 5) is 20.2. The van der Waals surface area contributed by atoms with Crippen LogP contribution in [0.2, 0.25) is 0 Å². The van der Waals surface area contributed by atoms with E-state index in [1.807, 2.05) is 13.8 Å². The molecule has 0 radical (unpaired) electrons. The highest BCUT2D eigenvalue weighted by atomic mass is 79.9. The molecule has 0 saturated heterocycles. The topological polar surface area (TPSA) is 72.8 Å². The summed E-state index contributed by atoms with van der Waals surface area (Å²) in [5.41, 5.74) is -1.28. The van der Waals surface area contributed by atoms with Crippen molar-refractivity contribution >= 4 is 28.0 Å². The van der Waals surface area contributed by atoms with E-state index in [1.165, 1.54) is 6.20 Å². The van der Waals surface area contributed by atoms with Gasteiger partial charge in [-0.2, -0.15) is 4.39 Å². The maximum absolute atomic E-state index is 14.4. The van der Waals surface area contributed by atoms with Gasteiger partial charge in [-0.25, -0.2) is 20.1 Å². The summed E-state index contributed by atoms with van der Waals surface area (Å²) in [7, 11) is 0. The number of carbonyl (C=O) groups is 1. The molecule has 0 fully saturated rings. The number of ether oxygens (including phenoxy) is 2. The number of amidine groups is 1. The first-order valence-corrected chi connectivity index (χ1v) is 8.79. The van der Waals surface area contributed by atoms with Crippen molar-refractivity contribution in [2.24, 2.45) is 10.9 Å². The minimum Gasteiger partial charge on any atom is -0.462 e. The van der Waals surface area contributed by atoms with E-state index >= 15 is 0 Å². The van der Waals surface area contributed by atoms with Crippen LogP contribution in [-0.4, -0.2) is 28.8 Å². The third kappa shape index (κ3) is 4.48. The van der Waals surface area contributed by atoms with Crippen molar-refractivity contribution in [1.29, 1.82) is 0 Å². The van der Waals surface area contributed by atoms with Gasteiger partial charge in [0, 0.05) is 22.2 Å². The number of hydrogen-bond donors (Lipinski definition) is 1. The summed E-state index contributed by atoms with van der Waals surface area (Å²) in [6, 6.07) is 1.65. The molecular formula is C17H23BrFN3O3. The summed E-state index contributed by atoms with van der Waals surface area (Å²) < 4.78 is 25.9. The van der Waals surface area contributed by atoms with Gasteiger partial charge in [0.25, 0.3) is 6.02 Å². The molecule has 1 unspecified atom stereocenters. The Hall–Kier alpha value is -1.70. The Kier molecular flexibility index (Phi) is 5.41. The first-order valence-electron chi connectivity index (χ1n) is 8.00. The molecule has 2 rings (SSSR count). The number of nitrogens with zero attached hydrogens (tertiary/aromatic N) is 2. The average Bonchev–Trinajstić information content (AvgIpc) is 2.45. The van der Waals surface area contributed by atoms with Crippen molar-refractivity contribution in [3.63, 3.8) is 0 Å². The SMILES string of the molecule is CC1OC(NC(=O)OC(C)(C)C)=N[C@@](C)(c2cc(Br)cnc2F)[C@@H]1C. The van der Waals surface area contributed by atoms with E-state index < -0.39 is 23.2 Å². The largest absolute Gasteiger partial charge is 0.462 e. The zero-order valence-electron chi connectivity index (χ0n) is 15.2. The van der Waals surface area contributed by atoms with Gasteiger partial charge in [0.1, 0.15) is 11.7 Å². The Balaban J connectivity index is 2.38. The minimum absolute atomic E-state index is 0.00160. The van der Waals surface area contributed by atoms with E-state index in [1.54, 1.807) is 33.8 Å². The zero-order chi connectivity index (χ0) is 19.0. The predicted molar refractivity (Wildman–Crippen MR) is 95.8 cm³/mol. The Bertz CT molecular complexity index is 705. The van der Waals surface area contributed by atoms with Crippen LogP contribution in [0.25, 0.3) is 0 Å². The predicted octanol–water partition coefficient (Wildman–Crippen LogP) is 4.13. The molecular weight excluding hydrogens is 393 g/mol. The molecule has 0 bridgehead atoms. The van der Waals surface area contributed by atoms with E-state index in [0.29, 0.717) is 10.0 Å². The van der Waals surface area contributed by atoms with Gasteiger partial charge in [0.05, 0.1) is 5.54 Å². The van der Waals surface area contributed by atoms with Crippen LogP contribution in [0, 0.1) is 11.9 Å². The number of carbonyl (C=O) groups excluding carboxylic acids is 1. The Morgan fingerprint density at radius 3 is 2.68 bits per heavy atom. The van der Waals surface area contributed by atoms with Crippen molar-refractivity contribution in [2.75, 3.05) is 0 Å². The lowest BCUT2D eigenvalue weighted by Crippen LogP contribution is -2.49. The van der Waals surface area contributed by atoms with Crippen LogP contribution < -0.4 is 5.32 Å². The van der Waals surface area contributed by atoms with Crippen LogP contribution in [0.3, 0.4) is 0 Å². The van der Waals surface area contributed by atoms with Crippen molar-refractivity contribution in [3.8, 4) is 0 Å². The molecule has 0 saturated carbocycles. The van der Waals surface area contributed by atoms with E-state index in [-0.39, 0.29) is 18.0 Å². The second-order valence-corrected chi connectivity index (χ2v) is 8.21. The number of halogens is 2. The van der Waals surface area contributed by atoms with Crippen molar-refractivity contribution in [3.05, 3.63) is 28.2 Å². The second kappa shape index (κ2) is 6.90. The van der Waals surface area contributed by atoms with E-state index in [4.69, 9.17) is 9.47 Å². The van der Waals surface area contributed by atoms with Crippen LogP contribution in [0.15, 0.2) is 21.7 Å². The number of aliphatic imine (C=N–C) groups is 1. The molecule has 0 aliphatic carbocycles. The number of pyridine rings is 1. The lowest BCUT2D eigenvalue weighted by Gasteiger charge is -2.40. The van der Waals surface area contributed by atoms with Crippen molar-refractivity contribution in [2.45, 2.75) is 58.8 Å². The Morgan fingerprint density at radius 1 is 1.44 bits per heavy atom. The monoisotopic (exact) mass is 415 g/mol. The molecule has 2 heterocycles. The number of nitrogens with one attached hydrogen (secondary N) is 1. The molecule has 1 amide bonds. The van der Waals surface area contributed by atoms with Gasteiger partial charge in [-0.15, -0.1) is 0 Å². The average molecular weight is 416 g/mol.